The van der Waals surface area contributed by atoms with Crippen LogP contribution in [0.15, 0.2) is 44.8 Å². The number of hydrogen-bond acceptors (Lipinski definition) is 5. The van der Waals surface area contributed by atoms with E-state index in [-0.39, 0.29) is 4.91 Å². The van der Waals surface area contributed by atoms with Crippen molar-refractivity contribution in [2.45, 2.75) is 25.4 Å². The quantitative estimate of drug-likeness (QED) is 0.464. The number of rotatable bonds is 6. The summed E-state index contributed by atoms with van der Waals surface area (Å²) in [6.45, 7) is 3.89. The minimum Gasteiger partial charge on any atom is -0.477 e. The van der Waals surface area contributed by atoms with Crippen molar-refractivity contribution in [1.29, 1.82) is 0 Å². The first-order chi connectivity index (χ1) is 12.5. The predicted molar refractivity (Wildman–Crippen MR) is 101 cm³/mol. The fourth-order valence-corrected chi connectivity index (χ4v) is 3.16. The summed E-state index contributed by atoms with van der Waals surface area (Å²) in [7, 11) is 0. The Morgan fingerprint density at radius 2 is 2.19 bits per heavy atom. The van der Waals surface area contributed by atoms with Gasteiger partial charge in [0.25, 0.3) is 0 Å². The Labute approximate surface area is 159 Å². The Morgan fingerprint density at radius 1 is 1.38 bits per heavy atom. The average molecular weight is 390 g/mol. The lowest BCUT2D eigenvalue weighted by atomic mass is 10.1. The summed E-state index contributed by atoms with van der Waals surface area (Å²) in [6.07, 6.45) is 2.15. The molecule has 0 saturated carbocycles. The fourth-order valence-electron chi connectivity index (χ4n) is 2.28. The molecule has 3 aromatic rings. The number of aryl methyl sites for hydroxylation is 2. The monoisotopic (exact) mass is 389 g/mol. The van der Waals surface area contributed by atoms with Gasteiger partial charge in [0.1, 0.15) is 22.3 Å². The van der Waals surface area contributed by atoms with Crippen molar-refractivity contribution in [3.63, 3.8) is 0 Å². The number of nitrogens with zero attached hydrogens (tertiary/aromatic N) is 2. The predicted octanol–water partition coefficient (Wildman–Crippen LogP) is 4.81. The lowest BCUT2D eigenvalue weighted by molar-refractivity contribution is -0.131. The molecule has 0 aliphatic heterocycles. The summed E-state index contributed by atoms with van der Waals surface area (Å²) in [5.74, 6) is 0.677. The number of aromatic amines is 1. The smallest absolute Gasteiger partial charge is 0.342 e. The van der Waals surface area contributed by atoms with E-state index >= 15 is 0 Å². The number of carbonyl (C=O) groups is 1. The summed E-state index contributed by atoms with van der Waals surface area (Å²) in [6, 6.07) is 9.04. The Balaban J connectivity index is 1.88. The number of nitrogens with one attached hydrogen (secondary N) is 1. The van der Waals surface area contributed by atoms with Crippen molar-refractivity contribution in [1.82, 2.24) is 15.2 Å². The van der Waals surface area contributed by atoms with Crippen LogP contribution in [0.4, 0.5) is 0 Å². The van der Waals surface area contributed by atoms with E-state index in [9.17, 15) is 9.90 Å². The molecule has 2 aromatic heterocycles. The molecule has 134 valence electrons. The van der Waals surface area contributed by atoms with Crippen LogP contribution in [0.3, 0.4) is 0 Å². The van der Waals surface area contributed by atoms with Gasteiger partial charge in [-0.05, 0) is 48.5 Å². The van der Waals surface area contributed by atoms with Crippen LogP contribution in [-0.2, 0) is 11.2 Å². The molecule has 2 heterocycles. The van der Waals surface area contributed by atoms with E-state index in [1.807, 2.05) is 32.0 Å². The molecule has 0 radical (unpaired) electrons. The lowest BCUT2D eigenvalue weighted by Gasteiger charge is -2.03. The van der Waals surface area contributed by atoms with Gasteiger partial charge in [-0.25, -0.2) is 9.78 Å². The molecule has 0 fully saturated rings. The van der Waals surface area contributed by atoms with Crippen LogP contribution >= 0.6 is 23.4 Å². The molecule has 26 heavy (non-hydrogen) atoms. The zero-order valence-electron chi connectivity index (χ0n) is 14.1. The zero-order valence-corrected chi connectivity index (χ0v) is 15.7. The van der Waals surface area contributed by atoms with Crippen LogP contribution in [0.5, 0.6) is 0 Å². The molecule has 8 heteroatoms. The zero-order chi connectivity index (χ0) is 18.7. The topological polar surface area (TPSA) is 92.0 Å². The van der Waals surface area contributed by atoms with Gasteiger partial charge in [0.05, 0.1) is 0 Å². The van der Waals surface area contributed by atoms with Gasteiger partial charge in [-0.3, -0.25) is 5.10 Å². The van der Waals surface area contributed by atoms with Crippen LogP contribution in [0.2, 0.25) is 5.02 Å². The van der Waals surface area contributed by atoms with E-state index in [0.29, 0.717) is 33.9 Å². The fraction of sp³-hybridized carbons (Fsp3) is 0.167. The Morgan fingerprint density at radius 3 is 2.88 bits per heavy atom. The highest BCUT2D eigenvalue weighted by molar-refractivity contribution is 8.04. The van der Waals surface area contributed by atoms with Gasteiger partial charge >= 0.3 is 5.97 Å². The Hall–Kier alpha value is -2.51. The van der Waals surface area contributed by atoms with E-state index in [1.54, 1.807) is 12.1 Å². The molecular weight excluding hydrogens is 374 g/mol. The second-order valence-corrected chi connectivity index (χ2v) is 6.94. The molecule has 0 aliphatic carbocycles. The molecule has 2 N–H and O–H groups in total. The first-order valence-electron chi connectivity index (χ1n) is 7.86. The van der Waals surface area contributed by atoms with Crippen LogP contribution < -0.4 is 0 Å². The third-order valence-corrected chi connectivity index (χ3v) is 4.74. The van der Waals surface area contributed by atoms with Crippen molar-refractivity contribution in [3.05, 3.63) is 57.4 Å². The number of H-pyrrole nitrogens is 1. The van der Waals surface area contributed by atoms with E-state index in [1.165, 1.54) is 6.08 Å². The van der Waals surface area contributed by atoms with Crippen molar-refractivity contribution in [3.8, 4) is 11.3 Å². The number of halogens is 1. The number of carboxylic acids is 1. The summed E-state index contributed by atoms with van der Waals surface area (Å²) < 4.78 is 5.79. The summed E-state index contributed by atoms with van der Waals surface area (Å²) >= 11 is 7.02. The summed E-state index contributed by atoms with van der Waals surface area (Å²) in [5.41, 5.74) is 1.88. The molecule has 0 unspecified atom stereocenters. The average Bonchev–Trinajstić information content (AvgIpc) is 3.25. The first-order valence-corrected chi connectivity index (χ1v) is 9.06. The second kappa shape index (κ2) is 7.80. The van der Waals surface area contributed by atoms with Gasteiger partial charge in [-0.15, -0.1) is 5.10 Å². The highest BCUT2D eigenvalue weighted by Gasteiger charge is 2.15. The summed E-state index contributed by atoms with van der Waals surface area (Å²) in [5, 5.41) is 17.2. The second-order valence-electron chi connectivity index (χ2n) is 5.50. The van der Waals surface area contributed by atoms with E-state index in [4.69, 9.17) is 16.0 Å². The lowest BCUT2D eigenvalue weighted by Crippen LogP contribution is -1.97. The molecular formula is C18H16ClN3O3S. The Bertz CT molecular complexity index is 978. The molecule has 0 bridgehead atoms. The third-order valence-electron chi connectivity index (χ3n) is 3.62. The van der Waals surface area contributed by atoms with Gasteiger partial charge in [-0.1, -0.05) is 24.6 Å². The van der Waals surface area contributed by atoms with E-state index in [2.05, 4.69) is 15.2 Å². The van der Waals surface area contributed by atoms with Crippen LogP contribution in [0, 0.1) is 6.92 Å². The number of furan rings is 1. The van der Waals surface area contributed by atoms with Crippen molar-refractivity contribution >= 4 is 35.4 Å². The van der Waals surface area contributed by atoms with Crippen molar-refractivity contribution < 1.29 is 14.3 Å². The van der Waals surface area contributed by atoms with Gasteiger partial charge in [0, 0.05) is 23.1 Å². The molecule has 0 saturated heterocycles. The van der Waals surface area contributed by atoms with Crippen LogP contribution in [0.25, 0.3) is 17.4 Å². The SMILES string of the molecule is CCc1nc(S/C(=C/c2ccc(-c3cc(Cl)ccc3C)o2)C(=O)O)n[nH]1. The van der Waals surface area contributed by atoms with Gasteiger partial charge in [-0.2, -0.15) is 0 Å². The number of aromatic nitrogens is 3. The highest BCUT2D eigenvalue weighted by atomic mass is 35.5. The van der Waals surface area contributed by atoms with Gasteiger partial charge < -0.3 is 9.52 Å². The van der Waals surface area contributed by atoms with Crippen molar-refractivity contribution in [2.75, 3.05) is 0 Å². The number of thioether (sulfide) groups is 1. The maximum Gasteiger partial charge on any atom is 0.342 e. The largest absolute Gasteiger partial charge is 0.477 e. The highest BCUT2D eigenvalue weighted by Crippen LogP contribution is 2.31. The minimum atomic E-state index is -1.07. The molecule has 0 atom stereocenters. The maximum atomic E-state index is 11.5. The number of hydrogen-bond donors (Lipinski definition) is 2. The van der Waals surface area contributed by atoms with Crippen molar-refractivity contribution in [2.24, 2.45) is 0 Å². The van der Waals surface area contributed by atoms with E-state index in [0.717, 1.165) is 22.9 Å². The number of carboxylic acid groups (broad SMARTS) is 1. The molecule has 0 amide bonds. The van der Waals surface area contributed by atoms with Crippen LogP contribution in [-0.4, -0.2) is 26.3 Å². The third kappa shape index (κ3) is 4.17. The van der Waals surface area contributed by atoms with Gasteiger partial charge in [0.2, 0.25) is 5.16 Å². The normalized spacial score (nSPS) is 11.7. The number of benzene rings is 1. The molecule has 6 nitrogen and oxygen atoms in total. The van der Waals surface area contributed by atoms with E-state index < -0.39 is 5.97 Å². The minimum absolute atomic E-state index is 0.0652. The standard InChI is InChI=1S/C18H16ClN3O3S/c1-3-16-20-18(22-21-16)26-15(17(23)24)9-12-6-7-14(25-12)13-8-11(19)5-4-10(13)2/h4-9H,3H2,1-2H3,(H,23,24)(H,20,21,22)/b15-9+. The van der Waals surface area contributed by atoms with Gasteiger partial charge in [0.15, 0.2) is 0 Å². The molecule has 0 spiro atoms. The maximum absolute atomic E-state index is 11.5. The summed E-state index contributed by atoms with van der Waals surface area (Å²) in [4.78, 5) is 15.8. The molecule has 0 aliphatic rings. The number of aliphatic carboxylic acids is 1. The molecule has 3 rings (SSSR count). The van der Waals surface area contributed by atoms with Crippen LogP contribution in [0.1, 0.15) is 24.1 Å². The molecule has 1 aromatic carbocycles. The Kier molecular flexibility index (Phi) is 5.49. The first kappa shape index (κ1) is 18.3.